The maximum absolute atomic E-state index is 5.78. The largest absolute Gasteiger partial charge is 0.330 e. The molecule has 2 aromatic rings. The van der Waals surface area contributed by atoms with Crippen LogP contribution in [0, 0.1) is 0 Å². The summed E-state index contributed by atoms with van der Waals surface area (Å²) in [4.78, 5) is 0. The number of hydrogen-bond donors (Lipinski definition) is 1. The van der Waals surface area contributed by atoms with Crippen molar-refractivity contribution in [3.05, 3.63) is 71.8 Å². The van der Waals surface area contributed by atoms with Crippen molar-refractivity contribution >= 4 is 0 Å². The minimum Gasteiger partial charge on any atom is -0.330 e. The summed E-state index contributed by atoms with van der Waals surface area (Å²) >= 11 is 0. The topological polar surface area (TPSA) is 26.0 Å². The van der Waals surface area contributed by atoms with E-state index in [-0.39, 0.29) is 0 Å². The Morgan fingerprint density at radius 1 is 0.833 bits per heavy atom. The maximum Gasteiger partial charge on any atom is -0.00712 e. The number of rotatable bonds is 5. The fourth-order valence-electron chi connectivity index (χ4n) is 2.57. The van der Waals surface area contributed by atoms with Gasteiger partial charge in [0, 0.05) is 0 Å². The lowest BCUT2D eigenvalue weighted by Gasteiger charge is -2.24. The second kappa shape index (κ2) is 6.36. The van der Waals surface area contributed by atoms with Crippen molar-refractivity contribution in [2.45, 2.75) is 25.2 Å². The zero-order valence-electron chi connectivity index (χ0n) is 10.9. The average Bonchev–Trinajstić information content (AvgIpc) is 2.46. The van der Waals surface area contributed by atoms with Gasteiger partial charge in [-0.15, -0.1) is 0 Å². The van der Waals surface area contributed by atoms with Gasteiger partial charge in [-0.25, -0.2) is 0 Å². The summed E-state index contributed by atoms with van der Waals surface area (Å²) in [6.45, 7) is 3.03. The van der Waals surface area contributed by atoms with Gasteiger partial charge in [-0.1, -0.05) is 67.6 Å². The van der Waals surface area contributed by atoms with Crippen molar-refractivity contribution < 1.29 is 0 Å². The molecule has 18 heavy (non-hydrogen) atoms. The third-order valence-corrected chi connectivity index (χ3v) is 3.63. The Hall–Kier alpha value is -1.60. The highest BCUT2D eigenvalue weighted by molar-refractivity contribution is 5.28. The zero-order chi connectivity index (χ0) is 12.8. The highest BCUT2D eigenvalue weighted by Gasteiger charge is 2.19. The summed E-state index contributed by atoms with van der Waals surface area (Å²) < 4.78 is 0. The molecule has 0 fully saturated rings. The van der Waals surface area contributed by atoms with E-state index >= 15 is 0 Å². The summed E-state index contributed by atoms with van der Waals surface area (Å²) in [6.07, 6.45) is 1.03. The fourth-order valence-corrected chi connectivity index (χ4v) is 2.57. The Morgan fingerprint density at radius 2 is 1.33 bits per heavy atom. The Balaban J connectivity index is 2.26. The van der Waals surface area contributed by atoms with Crippen molar-refractivity contribution in [2.24, 2.45) is 5.73 Å². The van der Waals surface area contributed by atoms with Gasteiger partial charge in [-0.2, -0.15) is 0 Å². The minimum atomic E-state index is 0.497. The zero-order valence-corrected chi connectivity index (χ0v) is 10.9. The molecule has 1 nitrogen and oxygen atoms in total. The lowest BCUT2D eigenvalue weighted by atomic mass is 9.81. The standard InChI is InChI=1S/C17H21N/c1-14(15-8-4-2-5-9-15)17(12-13-18)16-10-6-3-7-11-16/h2-11,14,17H,12-13,18H2,1H3. The molecule has 0 aromatic heterocycles. The lowest BCUT2D eigenvalue weighted by Crippen LogP contribution is -2.13. The van der Waals surface area contributed by atoms with E-state index in [1.165, 1.54) is 11.1 Å². The molecule has 2 N–H and O–H groups in total. The van der Waals surface area contributed by atoms with E-state index in [9.17, 15) is 0 Å². The molecule has 0 saturated carbocycles. The molecule has 0 aliphatic heterocycles. The van der Waals surface area contributed by atoms with Crippen LogP contribution >= 0.6 is 0 Å². The minimum absolute atomic E-state index is 0.497. The maximum atomic E-state index is 5.78. The summed E-state index contributed by atoms with van der Waals surface area (Å²) in [7, 11) is 0. The fraction of sp³-hybridized carbons (Fsp3) is 0.294. The summed E-state index contributed by atoms with van der Waals surface area (Å²) in [5.41, 5.74) is 8.56. The molecule has 94 valence electrons. The molecule has 0 radical (unpaired) electrons. The van der Waals surface area contributed by atoms with Crippen LogP contribution in [0.15, 0.2) is 60.7 Å². The number of benzene rings is 2. The van der Waals surface area contributed by atoms with Gasteiger partial charge < -0.3 is 5.73 Å². The first-order valence-electron chi connectivity index (χ1n) is 6.63. The van der Waals surface area contributed by atoms with Gasteiger partial charge in [0.1, 0.15) is 0 Å². The van der Waals surface area contributed by atoms with Crippen LogP contribution in [-0.2, 0) is 0 Å². The van der Waals surface area contributed by atoms with Crippen LogP contribution in [0.25, 0.3) is 0 Å². The Bertz CT molecular complexity index is 450. The van der Waals surface area contributed by atoms with Crippen molar-refractivity contribution in [3.63, 3.8) is 0 Å². The monoisotopic (exact) mass is 239 g/mol. The lowest BCUT2D eigenvalue weighted by molar-refractivity contribution is 0.542. The van der Waals surface area contributed by atoms with Crippen LogP contribution in [0.3, 0.4) is 0 Å². The smallest absolute Gasteiger partial charge is 0.00712 e. The predicted molar refractivity (Wildman–Crippen MR) is 77.7 cm³/mol. The molecular formula is C17H21N. The van der Waals surface area contributed by atoms with Gasteiger partial charge >= 0.3 is 0 Å². The first-order valence-corrected chi connectivity index (χ1v) is 6.63. The van der Waals surface area contributed by atoms with E-state index in [0.717, 1.165) is 13.0 Å². The average molecular weight is 239 g/mol. The van der Waals surface area contributed by atoms with E-state index in [4.69, 9.17) is 5.73 Å². The Morgan fingerprint density at radius 3 is 1.83 bits per heavy atom. The summed E-state index contributed by atoms with van der Waals surface area (Å²) in [5, 5.41) is 0. The Kier molecular flexibility index (Phi) is 4.54. The summed E-state index contributed by atoms with van der Waals surface area (Å²) in [6, 6.07) is 21.4. The summed E-state index contributed by atoms with van der Waals surface area (Å²) in [5.74, 6) is 0.996. The third kappa shape index (κ3) is 2.99. The van der Waals surface area contributed by atoms with Crippen molar-refractivity contribution in [2.75, 3.05) is 6.54 Å². The molecule has 2 aromatic carbocycles. The van der Waals surface area contributed by atoms with Crippen LogP contribution in [0.4, 0.5) is 0 Å². The molecule has 2 atom stereocenters. The van der Waals surface area contributed by atoms with Gasteiger partial charge in [0.15, 0.2) is 0 Å². The molecule has 0 aliphatic rings. The van der Waals surface area contributed by atoms with Crippen molar-refractivity contribution in [3.8, 4) is 0 Å². The molecule has 1 heteroatoms. The van der Waals surface area contributed by atoms with Gasteiger partial charge in [-0.3, -0.25) is 0 Å². The highest BCUT2D eigenvalue weighted by atomic mass is 14.5. The second-order valence-corrected chi connectivity index (χ2v) is 4.79. The number of hydrogen-bond acceptors (Lipinski definition) is 1. The third-order valence-electron chi connectivity index (χ3n) is 3.63. The molecule has 0 bridgehead atoms. The SMILES string of the molecule is CC(c1ccccc1)C(CCN)c1ccccc1. The second-order valence-electron chi connectivity index (χ2n) is 4.79. The highest BCUT2D eigenvalue weighted by Crippen LogP contribution is 2.34. The van der Waals surface area contributed by atoms with Gasteiger partial charge in [0.25, 0.3) is 0 Å². The van der Waals surface area contributed by atoms with E-state index in [0.29, 0.717) is 11.8 Å². The Labute approximate surface area is 110 Å². The van der Waals surface area contributed by atoms with E-state index in [2.05, 4.69) is 67.6 Å². The molecule has 0 heterocycles. The molecule has 0 amide bonds. The van der Waals surface area contributed by atoms with Crippen LogP contribution in [0.5, 0.6) is 0 Å². The van der Waals surface area contributed by atoms with Gasteiger partial charge in [-0.05, 0) is 35.9 Å². The van der Waals surface area contributed by atoms with E-state index in [1.807, 2.05) is 0 Å². The van der Waals surface area contributed by atoms with Crippen molar-refractivity contribution in [1.29, 1.82) is 0 Å². The van der Waals surface area contributed by atoms with Crippen LogP contribution in [-0.4, -0.2) is 6.54 Å². The van der Waals surface area contributed by atoms with E-state index < -0.39 is 0 Å². The van der Waals surface area contributed by atoms with E-state index in [1.54, 1.807) is 0 Å². The molecule has 0 spiro atoms. The van der Waals surface area contributed by atoms with Crippen LogP contribution in [0.2, 0.25) is 0 Å². The molecule has 0 saturated heterocycles. The first kappa shape index (κ1) is 12.8. The quantitative estimate of drug-likeness (QED) is 0.840. The van der Waals surface area contributed by atoms with Crippen LogP contribution < -0.4 is 5.73 Å². The van der Waals surface area contributed by atoms with Gasteiger partial charge in [0.05, 0.1) is 0 Å². The first-order chi connectivity index (χ1) is 8.83. The molecular weight excluding hydrogens is 218 g/mol. The van der Waals surface area contributed by atoms with Crippen molar-refractivity contribution in [1.82, 2.24) is 0 Å². The van der Waals surface area contributed by atoms with Gasteiger partial charge in [0.2, 0.25) is 0 Å². The van der Waals surface area contributed by atoms with Crippen LogP contribution in [0.1, 0.15) is 36.3 Å². The molecule has 2 unspecified atom stereocenters. The predicted octanol–water partition coefficient (Wildman–Crippen LogP) is 3.92. The molecule has 2 rings (SSSR count). The number of nitrogens with two attached hydrogens (primary N) is 1. The molecule has 0 aliphatic carbocycles. The normalized spacial score (nSPS) is 14.1.